The Balaban J connectivity index is 1.92. The van der Waals surface area contributed by atoms with Crippen molar-refractivity contribution in [3.8, 4) is 94.7 Å². The quantitative estimate of drug-likeness (QED) is 0.624. The highest BCUT2D eigenvalue weighted by Crippen LogP contribution is 2.52. The largest absolute Gasteiger partial charge is 0.508 e. The molecule has 0 amide bonds. The van der Waals surface area contributed by atoms with Gasteiger partial charge in [0, 0.05) is 47.1 Å². The van der Waals surface area contributed by atoms with E-state index < -0.39 is 5.60 Å². The van der Waals surface area contributed by atoms with Gasteiger partial charge >= 0.3 is 0 Å². The molecule has 1 aliphatic rings. The highest BCUT2D eigenvalue weighted by molar-refractivity contribution is 5.54. The van der Waals surface area contributed by atoms with Crippen LogP contribution in [-0.4, -0.2) is 10.2 Å². The number of aromatic hydroxyl groups is 2. The van der Waals surface area contributed by atoms with Gasteiger partial charge in [0.15, 0.2) is 0 Å². The number of terminal acetylenes is 1. The average molecular weight is 473 g/mol. The Labute approximate surface area is 213 Å². The van der Waals surface area contributed by atoms with Crippen LogP contribution in [0, 0.1) is 85.6 Å². The van der Waals surface area contributed by atoms with Crippen molar-refractivity contribution in [2.24, 2.45) is 0 Å². The number of fused-ring (bicyclic) bond motifs is 1. The van der Waals surface area contributed by atoms with Gasteiger partial charge in [-0.05, 0) is 91.2 Å². The van der Waals surface area contributed by atoms with Crippen LogP contribution in [0.2, 0.25) is 0 Å². The molecule has 4 heteroatoms. The zero-order valence-electron chi connectivity index (χ0n) is 20.8. The molecule has 0 spiro atoms. The van der Waals surface area contributed by atoms with E-state index in [1.165, 1.54) is 0 Å². The third-order valence-corrected chi connectivity index (χ3v) is 5.79. The van der Waals surface area contributed by atoms with Crippen LogP contribution in [0.15, 0.2) is 24.3 Å². The molecule has 0 aliphatic carbocycles. The van der Waals surface area contributed by atoms with Crippen molar-refractivity contribution in [2.75, 3.05) is 0 Å². The van der Waals surface area contributed by atoms with Gasteiger partial charge in [0.05, 0.1) is 0 Å². The Kier molecular flexibility index (Phi) is 7.48. The second kappa shape index (κ2) is 10.5. The van der Waals surface area contributed by atoms with Gasteiger partial charge in [-0.3, -0.25) is 0 Å². The molecular formula is C32H24O4. The van der Waals surface area contributed by atoms with Crippen LogP contribution in [-0.2, 0) is 11.0 Å². The number of ether oxygens (including phenoxy) is 2. The first kappa shape index (κ1) is 25.6. The van der Waals surface area contributed by atoms with E-state index in [1.54, 1.807) is 25.1 Å². The Morgan fingerprint density at radius 1 is 0.778 bits per heavy atom. The number of benzene rings is 2. The molecule has 2 N–H and O–H groups in total. The molecule has 0 radical (unpaired) electrons. The van der Waals surface area contributed by atoms with Crippen molar-refractivity contribution in [3.63, 3.8) is 0 Å². The normalized spacial score (nSPS) is 16.0. The second-order valence-corrected chi connectivity index (χ2v) is 9.14. The average Bonchev–Trinajstić information content (AvgIpc) is 2.80. The third kappa shape index (κ3) is 5.73. The second-order valence-electron chi connectivity index (χ2n) is 9.14. The number of hydrogen-bond donors (Lipinski definition) is 2. The SMILES string of the molecule is C#CC#CC#CC#CC#CC#COc1cc(C)c(O)cc1C1(C)CC(C)(C)c2cc(O)c(C)cc2O1. The molecule has 1 atom stereocenters. The van der Waals surface area contributed by atoms with E-state index in [4.69, 9.17) is 15.9 Å². The number of rotatable bonds is 2. The van der Waals surface area contributed by atoms with Crippen molar-refractivity contribution in [3.05, 3.63) is 46.5 Å². The maximum absolute atomic E-state index is 10.5. The lowest BCUT2D eigenvalue weighted by molar-refractivity contribution is 0.0304. The summed E-state index contributed by atoms with van der Waals surface area (Å²) in [6, 6.07) is 6.97. The summed E-state index contributed by atoms with van der Waals surface area (Å²) >= 11 is 0. The third-order valence-electron chi connectivity index (χ3n) is 5.79. The van der Waals surface area contributed by atoms with Crippen molar-refractivity contribution in [1.82, 2.24) is 0 Å². The van der Waals surface area contributed by atoms with Crippen LogP contribution >= 0.6 is 0 Å². The van der Waals surface area contributed by atoms with E-state index >= 15 is 0 Å². The summed E-state index contributed by atoms with van der Waals surface area (Å²) in [7, 11) is 0. The highest BCUT2D eigenvalue weighted by Gasteiger charge is 2.45. The summed E-state index contributed by atoms with van der Waals surface area (Å²) in [5, 5.41) is 20.7. The molecule has 0 saturated heterocycles. The zero-order valence-corrected chi connectivity index (χ0v) is 20.8. The lowest BCUT2D eigenvalue weighted by atomic mass is 9.70. The van der Waals surface area contributed by atoms with E-state index in [0.717, 1.165) is 11.1 Å². The molecule has 0 saturated carbocycles. The molecule has 4 nitrogen and oxygen atoms in total. The summed E-state index contributed by atoms with van der Waals surface area (Å²) in [6.45, 7) is 9.75. The van der Waals surface area contributed by atoms with Crippen LogP contribution < -0.4 is 9.47 Å². The minimum atomic E-state index is -0.833. The van der Waals surface area contributed by atoms with Gasteiger partial charge in [0.2, 0.25) is 0 Å². The predicted octanol–water partition coefficient (Wildman–Crippen LogP) is 4.68. The van der Waals surface area contributed by atoms with Gasteiger partial charge in [-0.25, -0.2) is 0 Å². The van der Waals surface area contributed by atoms with E-state index in [2.05, 4.69) is 79.2 Å². The van der Waals surface area contributed by atoms with Gasteiger partial charge < -0.3 is 19.7 Å². The molecular weight excluding hydrogens is 448 g/mol. The highest BCUT2D eigenvalue weighted by atomic mass is 16.5. The molecule has 0 aromatic heterocycles. The minimum Gasteiger partial charge on any atom is -0.508 e. The minimum absolute atomic E-state index is 0.128. The Morgan fingerprint density at radius 2 is 1.31 bits per heavy atom. The van der Waals surface area contributed by atoms with Gasteiger partial charge in [0.1, 0.15) is 34.7 Å². The first-order valence-electron chi connectivity index (χ1n) is 11.1. The number of phenols is 2. The summed E-state index contributed by atoms with van der Waals surface area (Å²) in [5.74, 6) is 26.2. The molecule has 2 aromatic carbocycles. The van der Waals surface area contributed by atoms with Crippen LogP contribution in [0.1, 0.15) is 49.4 Å². The predicted molar refractivity (Wildman–Crippen MR) is 140 cm³/mol. The van der Waals surface area contributed by atoms with Gasteiger partial charge in [-0.2, -0.15) is 0 Å². The van der Waals surface area contributed by atoms with Crippen LogP contribution in [0.4, 0.5) is 0 Å². The van der Waals surface area contributed by atoms with Crippen LogP contribution in [0.3, 0.4) is 0 Å². The fraction of sp³-hybridized carbons (Fsp3) is 0.250. The summed E-state index contributed by atoms with van der Waals surface area (Å²) in [6.07, 6.45) is 8.14. The molecule has 1 heterocycles. The first-order chi connectivity index (χ1) is 17.1. The van der Waals surface area contributed by atoms with Gasteiger partial charge in [-0.15, -0.1) is 6.42 Å². The molecule has 0 fully saturated rings. The number of phenolic OH excluding ortho intramolecular Hbond substituents is 2. The van der Waals surface area contributed by atoms with Crippen molar-refractivity contribution in [1.29, 1.82) is 0 Å². The van der Waals surface area contributed by atoms with Gasteiger partial charge in [-0.1, -0.05) is 13.8 Å². The first-order valence-corrected chi connectivity index (χ1v) is 11.1. The molecule has 1 aliphatic heterocycles. The van der Waals surface area contributed by atoms with Crippen molar-refractivity contribution >= 4 is 0 Å². The van der Waals surface area contributed by atoms with Crippen LogP contribution in [0.5, 0.6) is 23.0 Å². The zero-order chi connectivity index (χ0) is 26.3. The number of aryl methyl sites for hydroxylation is 2. The van der Waals surface area contributed by atoms with E-state index in [-0.39, 0.29) is 16.9 Å². The molecule has 36 heavy (non-hydrogen) atoms. The Hall–Kier alpha value is -5.00. The molecule has 3 rings (SSSR count). The molecule has 1 unspecified atom stereocenters. The van der Waals surface area contributed by atoms with Crippen molar-refractivity contribution in [2.45, 2.75) is 52.1 Å². The fourth-order valence-electron chi connectivity index (χ4n) is 4.18. The smallest absolute Gasteiger partial charge is 0.148 e. The van der Waals surface area contributed by atoms with E-state index in [9.17, 15) is 10.2 Å². The van der Waals surface area contributed by atoms with E-state index in [0.29, 0.717) is 29.0 Å². The maximum atomic E-state index is 10.5. The summed E-state index contributed by atoms with van der Waals surface area (Å²) in [5.41, 5.74) is 1.78. The standard InChI is InChI=1S/C32H24O4/c1-7-8-9-10-11-12-13-14-15-16-17-35-29-18-23(2)28(34)21-26(29)32(6)22-31(4,5)25-20-27(33)24(3)19-30(25)36-32/h1,18-21,33-34H,22H2,2-6H3. The lowest BCUT2D eigenvalue weighted by Crippen LogP contribution is -2.41. The summed E-state index contributed by atoms with van der Waals surface area (Å²) in [4.78, 5) is 0. The Bertz CT molecular complexity index is 1580. The molecule has 0 bridgehead atoms. The monoisotopic (exact) mass is 472 g/mol. The topological polar surface area (TPSA) is 58.9 Å². The fourth-order valence-corrected chi connectivity index (χ4v) is 4.18. The Morgan fingerprint density at radius 3 is 1.92 bits per heavy atom. The number of hydrogen-bond acceptors (Lipinski definition) is 4. The van der Waals surface area contributed by atoms with Crippen molar-refractivity contribution < 1.29 is 19.7 Å². The lowest BCUT2D eigenvalue weighted by Gasteiger charge is -2.45. The summed E-state index contributed by atoms with van der Waals surface area (Å²) < 4.78 is 12.2. The maximum Gasteiger partial charge on any atom is 0.148 e. The van der Waals surface area contributed by atoms with Gasteiger partial charge in [0.25, 0.3) is 0 Å². The van der Waals surface area contributed by atoms with E-state index in [1.807, 2.05) is 19.9 Å². The molecule has 176 valence electrons. The molecule has 2 aromatic rings. The van der Waals surface area contributed by atoms with Crippen LogP contribution in [0.25, 0.3) is 0 Å².